The predicted molar refractivity (Wildman–Crippen MR) is 73.2 cm³/mol. The van der Waals surface area contributed by atoms with E-state index >= 15 is 0 Å². The highest BCUT2D eigenvalue weighted by Crippen LogP contribution is 2.21. The monoisotopic (exact) mass is 314 g/mol. The second-order valence-corrected chi connectivity index (χ2v) is 5.89. The predicted octanol–water partition coefficient (Wildman–Crippen LogP) is 3.85. The first-order valence-electron chi connectivity index (χ1n) is 5.06. The van der Waals surface area contributed by atoms with Crippen molar-refractivity contribution in [3.8, 4) is 0 Å². The van der Waals surface area contributed by atoms with Crippen molar-refractivity contribution in [2.45, 2.75) is 25.9 Å². The number of ether oxygens (including phenoxy) is 2. The number of hydrogen-bond acceptors (Lipinski definition) is 8. The summed E-state index contributed by atoms with van der Waals surface area (Å²) in [7, 11) is 0. The Morgan fingerprint density at radius 3 is 2.11 bits per heavy atom. The molecule has 0 aromatic heterocycles. The molecular weight excluding hydrogens is 300 g/mol. The van der Waals surface area contributed by atoms with Crippen molar-refractivity contribution in [1.29, 1.82) is 0 Å². The van der Waals surface area contributed by atoms with Gasteiger partial charge in [0.2, 0.25) is 0 Å². The topological polar surface area (TPSA) is 89.9 Å². The average Bonchev–Trinajstić information content (AvgIpc) is 2.25. The van der Waals surface area contributed by atoms with Crippen LogP contribution in [0.1, 0.15) is 20.3 Å². The normalized spacial score (nSPS) is 11.7. The third-order valence-electron chi connectivity index (χ3n) is 1.27. The Kier molecular flexibility index (Phi) is 10.1. The van der Waals surface area contributed by atoms with E-state index in [1.54, 1.807) is 6.92 Å². The van der Waals surface area contributed by atoms with E-state index < -0.39 is 21.5 Å². The number of thioether (sulfide) groups is 3. The Bertz CT molecular complexity index is 296. The third-order valence-corrected chi connectivity index (χ3v) is 3.42. The largest absolute Gasteiger partial charge is 0.473 e. The zero-order valence-electron chi connectivity index (χ0n) is 9.91. The Labute approximate surface area is 118 Å². The van der Waals surface area contributed by atoms with Crippen LogP contribution in [0.25, 0.3) is 0 Å². The molecule has 9 heteroatoms. The molecule has 0 aliphatic rings. The summed E-state index contributed by atoms with van der Waals surface area (Å²) in [5.41, 5.74) is -1.45. The SMILES string of the molecule is CCCSC(=O)OC(OC(=O)SCC)SC(=O)O. The maximum atomic E-state index is 11.3. The van der Waals surface area contributed by atoms with Crippen molar-refractivity contribution in [3.05, 3.63) is 0 Å². The number of carbonyl (C=O) groups excluding carboxylic acids is 2. The van der Waals surface area contributed by atoms with Crippen molar-refractivity contribution < 1.29 is 29.0 Å². The minimum Gasteiger partial charge on any atom is -0.473 e. The van der Waals surface area contributed by atoms with Crippen LogP contribution in [-0.4, -0.2) is 38.1 Å². The van der Waals surface area contributed by atoms with E-state index in [1.807, 2.05) is 6.92 Å². The van der Waals surface area contributed by atoms with Crippen molar-refractivity contribution in [3.63, 3.8) is 0 Å². The number of hydrogen-bond donors (Lipinski definition) is 1. The van der Waals surface area contributed by atoms with Gasteiger partial charge < -0.3 is 14.6 Å². The van der Waals surface area contributed by atoms with Crippen molar-refractivity contribution in [2.24, 2.45) is 0 Å². The van der Waals surface area contributed by atoms with E-state index in [1.165, 1.54) is 0 Å². The van der Waals surface area contributed by atoms with Crippen LogP contribution >= 0.6 is 35.3 Å². The van der Waals surface area contributed by atoms with Gasteiger partial charge >= 0.3 is 21.5 Å². The molecule has 0 aromatic carbocycles. The average molecular weight is 314 g/mol. The second-order valence-electron chi connectivity index (χ2n) is 2.69. The third kappa shape index (κ3) is 9.49. The summed E-state index contributed by atoms with van der Waals surface area (Å²) in [4.78, 5) is 32.9. The molecule has 0 aromatic rings. The fourth-order valence-electron chi connectivity index (χ4n) is 0.683. The summed E-state index contributed by atoms with van der Waals surface area (Å²) >= 11 is 1.99. The molecule has 104 valence electrons. The number of rotatable bonds is 6. The van der Waals surface area contributed by atoms with Crippen LogP contribution < -0.4 is 0 Å². The minimum atomic E-state index is -1.45. The summed E-state index contributed by atoms with van der Waals surface area (Å²) in [5, 5.41) is 5.95. The van der Waals surface area contributed by atoms with E-state index in [0.29, 0.717) is 11.5 Å². The van der Waals surface area contributed by atoms with Crippen molar-refractivity contribution in [2.75, 3.05) is 11.5 Å². The molecule has 0 fully saturated rings. The smallest absolute Gasteiger partial charge is 0.371 e. The first-order chi connectivity index (χ1) is 8.49. The molecule has 6 nitrogen and oxygen atoms in total. The Hall–Kier alpha value is -0.540. The Morgan fingerprint density at radius 2 is 1.67 bits per heavy atom. The molecular formula is C9H14O6S3. The molecule has 0 radical (unpaired) electrons. The standard InChI is InChI=1S/C9H14O6S3/c1-3-5-17-8(13)15-9(18-6(10)11)14-7(12)16-4-2/h9H,3-5H2,1-2H3,(H,10,11). The van der Waals surface area contributed by atoms with Gasteiger partial charge in [0.25, 0.3) is 0 Å². The van der Waals surface area contributed by atoms with Crippen molar-refractivity contribution in [1.82, 2.24) is 0 Å². The molecule has 1 N–H and O–H groups in total. The Balaban J connectivity index is 4.25. The molecule has 0 saturated carbocycles. The fraction of sp³-hybridized carbons (Fsp3) is 0.667. The lowest BCUT2D eigenvalue weighted by atomic mass is 10.6. The van der Waals surface area contributed by atoms with Crippen LogP contribution in [0.3, 0.4) is 0 Å². The number of carboxylic acid groups (broad SMARTS) is 1. The quantitative estimate of drug-likeness (QED) is 0.579. The van der Waals surface area contributed by atoms with E-state index in [9.17, 15) is 14.4 Å². The zero-order chi connectivity index (χ0) is 14.0. The summed E-state index contributed by atoms with van der Waals surface area (Å²) in [6.45, 7) is 3.63. The molecule has 0 saturated heterocycles. The van der Waals surface area contributed by atoms with Gasteiger partial charge in [-0.3, -0.25) is 0 Å². The van der Waals surface area contributed by atoms with E-state index in [0.717, 1.165) is 29.9 Å². The van der Waals surface area contributed by atoms with E-state index in [2.05, 4.69) is 0 Å². The van der Waals surface area contributed by atoms with Gasteiger partial charge in [-0.15, -0.1) is 0 Å². The first-order valence-corrected chi connectivity index (χ1v) is 7.91. The van der Waals surface area contributed by atoms with Crippen LogP contribution in [0.2, 0.25) is 0 Å². The highest BCUT2D eigenvalue weighted by Gasteiger charge is 2.23. The molecule has 0 amide bonds. The van der Waals surface area contributed by atoms with Gasteiger partial charge in [-0.1, -0.05) is 13.8 Å². The first kappa shape index (κ1) is 17.5. The van der Waals surface area contributed by atoms with Gasteiger partial charge in [0.05, 0.1) is 0 Å². The molecule has 1 unspecified atom stereocenters. The maximum absolute atomic E-state index is 11.3. The van der Waals surface area contributed by atoms with Gasteiger partial charge in [0.15, 0.2) is 0 Å². The van der Waals surface area contributed by atoms with Gasteiger partial charge in [-0.25, -0.2) is 14.4 Å². The molecule has 0 rings (SSSR count). The van der Waals surface area contributed by atoms with Crippen LogP contribution in [0, 0.1) is 0 Å². The lowest BCUT2D eigenvalue weighted by Gasteiger charge is -2.14. The highest BCUT2D eigenvalue weighted by molar-refractivity contribution is 8.15. The molecule has 18 heavy (non-hydrogen) atoms. The lowest BCUT2D eigenvalue weighted by Crippen LogP contribution is -2.19. The van der Waals surface area contributed by atoms with Crippen LogP contribution in [0.15, 0.2) is 0 Å². The van der Waals surface area contributed by atoms with Gasteiger partial charge in [0, 0.05) is 23.3 Å². The van der Waals surface area contributed by atoms with Crippen LogP contribution in [0.4, 0.5) is 14.4 Å². The van der Waals surface area contributed by atoms with Gasteiger partial charge in [-0.2, -0.15) is 0 Å². The molecule has 0 aliphatic heterocycles. The highest BCUT2D eigenvalue weighted by atomic mass is 32.2. The van der Waals surface area contributed by atoms with Gasteiger partial charge in [-0.05, 0) is 29.9 Å². The Morgan fingerprint density at radius 1 is 1.11 bits per heavy atom. The molecule has 1 atom stereocenters. The van der Waals surface area contributed by atoms with Crippen molar-refractivity contribution >= 4 is 51.2 Å². The summed E-state index contributed by atoms with van der Waals surface area (Å²) < 4.78 is 9.43. The van der Waals surface area contributed by atoms with Crippen LogP contribution in [0.5, 0.6) is 0 Å². The summed E-state index contributed by atoms with van der Waals surface area (Å²) in [6.07, 6.45) is 0.780. The number of carbonyl (C=O) groups is 3. The molecule has 0 bridgehead atoms. The molecule has 0 heterocycles. The van der Waals surface area contributed by atoms with Gasteiger partial charge in [0.1, 0.15) is 0 Å². The zero-order valence-corrected chi connectivity index (χ0v) is 12.4. The maximum Gasteiger partial charge on any atom is 0.371 e. The summed E-state index contributed by atoms with van der Waals surface area (Å²) in [5.74, 6) is 1.04. The van der Waals surface area contributed by atoms with Crippen LogP contribution in [-0.2, 0) is 9.47 Å². The lowest BCUT2D eigenvalue weighted by molar-refractivity contribution is 0.0221. The van der Waals surface area contributed by atoms with E-state index in [4.69, 9.17) is 14.6 Å². The fourth-order valence-corrected chi connectivity index (χ4v) is 2.16. The van der Waals surface area contributed by atoms with E-state index in [-0.39, 0.29) is 11.8 Å². The minimum absolute atomic E-state index is 0.219. The molecule has 0 spiro atoms. The molecule has 0 aliphatic carbocycles. The second kappa shape index (κ2) is 10.4. The summed E-state index contributed by atoms with van der Waals surface area (Å²) in [6, 6.07) is 0.